The number of hydrogen-bond donors (Lipinski definition) is 3. The Bertz CT molecular complexity index is 1550. The molecule has 3 N–H and O–H groups in total. The molecule has 0 bridgehead atoms. The first kappa shape index (κ1) is 67.2. The molecule has 1 aliphatic heterocycles. The van der Waals surface area contributed by atoms with Crippen molar-refractivity contribution in [2.45, 2.75) is 276 Å². The number of carbonyl (C=O) groups is 4. The van der Waals surface area contributed by atoms with Crippen LogP contribution in [0.5, 0.6) is 0 Å². The number of ether oxygens (including phenoxy) is 5. The molecule has 418 valence electrons. The highest BCUT2D eigenvalue weighted by Crippen LogP contribution is 2.26. The molecule has 6 unspecified atom stereocenters. The Morgan fingerprint density at radius 3 is 1.34 bits per heavy atom. The maximum Gasteiger partial charge on any atom is 0.335 e. The number of carboxylic acid groups (broad SMARTS) is 1. The van der Waals surface area contributed by atoms with E-state index in [1.165, 1.54) is 64.2 Å². The number of allylic oxidation sites excluding steroid dienone is 12. The second-order valence-corrected chi connectivity index (χ2v) is 19.5. The summed E-state index contributed by atoms with van der Waals surface area (Å²) < 4.78 is 28.4. The van der Waals surface area contributed by atoms with Crippen molar-refractivity contribution in [3.05, 3.63) is 72.9 Å². The smallest absolute Gasteiger partial charge is 0.335 e. The van der Waals surface area contributed by atoms with Gasteiger partial charge >= 0.3 is 23.9 Å². The van der Waals surface area contributed by atoms with Crippen molar-refractivity contribution in [1.29, 1.82) is 0 Å². The van der Waals surface area contributed by atoms with Crippen molar-refractivity contribution in [1.82, 2.24) is 0 Å². The van der Waals surface area contributed by atoms with Crippen LogP contribution in [0, 0.1) is 0 Å². The van der Waals surface area contributed by atoms with E-state index in [1.807, 2.05) is 0 Å². The van der Waals surface area contributed by atoms with Crippen LogP contribution >= 0.6 is 0 Å². The fourth-order valence-corrected chi connectivity index (χ4v) is 8.33. The van der Waals surface area contributed by atoms with Gasteiger partial charge in [-0.2, -0.15) is 0 Å². The Labute approximate surface area is 442 Å². The quantitative estimate of drug-likeness (QED) is 0.0228. The SMILES string of the molecule is CC/C=C\C/C=C\C/C=C\C/C=C\CCCCCCC(=O)OC1C(OCC(COC(=O)CCCCCCC/C=C\C/C=C\CCCCC)OC(=O)CCCCCCCCCCCCC)OC(C(=O)O)C(O)C1O. The van der Waals surface area contributed by atoms with Gasteiger partial charge in [0.05, 0.1) is 6.61 Å². The molecule has 12 nitrogen and oxygen atoms in total. The first-order valence-electron chi connectivity index (χ1n) is 28.9. The molecule has 1 fully saturated rings. The van der Waals surface area contributed by atoms with Crippen molar-refractivity contribution >= 4 is 23.9 Å². The van der Waals surface area contributed by atoms with Crippen molar-refractivity contribution in [3.8, 4) is 0 Å². The van der Waals surface area contributed by atoms with Crippen LogP contribution in [-0.2, 0) is 42.9 Å². The van der Waals surface area contributed by atoms with Gasteiger partial charge < -0.3 is 39.0 Å². The van der Waals surface area contributed by atoms with E-state index in [9.17, 15) is 34.5 Å². The van der Waals surface area contributed by atoms with Crippen molar-refractivity contribution < 1.29 is 58.2 Å². The van der Waals surface area contributed by atoms with Gasteiger partial charge in [-0.05, 0) is 89.9 Å². The molecule has 0 spiro atoms. The van der Waals surface area contributed by atoms with Crippen LogP contribution in [0.25, 0.3) is 0 Å². The molecule has 0 aromatic carbocycles. The number of carbonyl (C=O) groups excluding carboxylic acids is 3. The molecule has 1 aliphatic rings. The minimum Gasteiger partial charge on any atom is -0.479 e. The van der Waals surface area contributed by atoms with Crippen LogP contribution in [-0.4, -0.2) is 89.2 Å². The zero-order valence-corrected chi connectivity index (χ0v) is 45.9. The first-order chi connectivity index (χ1) is 35.6. The fourth-order valence-electron chi connectivity index (χ4n) is 8.33. The van der Waals surface area contributed by atoms with Crippen molar-refractivity contribution in [3.63, 3.8) is 0 Å². The molecule has 0 saturated carbocycles. The van der Waals surface area contributed by atoms with E-state index in [-0.39, 0.29) is 25.9 Å². The lowest BCUT2D eigenvalue weighted by atomic mass is 9.98. The van der Waals surface area contributed by atoms with Crippen molar-refractivity contribution in [2.75, 3.05) is 13.2 Å². The van der Waals surface area contributed by atoms with Crippen LogP contribution in [0.15, 0.2) is 72.9 Å². The Morgan fingerprint density at radius 2 is 0.863 bits per heavy atom. The fraction of sp³-hybridized carbons (Fsp3) is 0.738. The second kappa shape index (κ2) is 49.1. The largest absolute Gasteiger partial charge is 0.479 e. The van der Waals surface area contributed by atoms with Gasteiger partial charge in [0, 0.05) is 19.3 Å². The van der Waals surface area contributed by atoms with Gasteiger partial charge in [0.1, 0.15) is 18.8 Å². The average molecular weight is 1030 g/mol. The third-order valence-corrected chi connectivity index (χ3v) is 12.8. The third-order valence-electron chi connectivity index (χ3n) is 12.8. The number of hydrogen-bond acceptors (Lipinski definition) is 11. The molecular weight excluding hydrogens is 925 g/mol. The first-order valence-corrected chi connectivity index (χ1v) is 28.9. The molecule has 0 radical (unpaired) electrons. The highest BCUT2D eigenvalue weighted by molar-refractivity contribution is 5.74. The third kappa shape index (κ3) is 39.3. The summed E-state index contributed by atoms with van der Waals surface area (Å²) in [5, 5.41) is 31.4. The zero-order valence-electron chi connectivity index (χ0n) is 45.9. The van der Waals surface area contributed by atoms with E-state index in [4.69, 9.17) is 23.7 Å². The molecule has 12 heteroatoms. The van der Waals surface area contributed by atoms with E-state index in [0.29, 0.717) is 19.3 Å². The Balaban J connectivity index is 2.71. The van der Waals surface area contributed by atoms with Crippen LogP contribution in [0.3, 0.4) is 0 Å². The van der Waals surface area contributed by atoms with Crippen molar-refractivity contribution in [2.24, 2.45) is 0 Å². The summed E-state index contributed by atoms with van der Waals surface area (Å²) in [6.07, 6.45) is 48.7. The second-order valence-electron chi connectivity index (χ2n) is 19.5. The lowest BCUT2D eigenvalue weighted by Gasteiger charge is -2.40. The molecule has 1 heterocycles. The lowest BCUT2D eigenvalue weighted by molar-refractivity contribution is -0.301. The maximum absolute atomic E-state index is 13.1. The topological polar surface area (TPSA) is 175 Å². The average Bonchev–Trinajstić information content (AvgIpc) is 3.37. The summed E-state index contributed by atoms with van der Waals surface area (Å²) >= 11 is 0. The molecule has 0 aromatic rings. The summed E-state index contributed by atoms with van der Waals surface area (Å²) in [5.74, 6) is -3.16. The van der Waals surface area contributed by atoms with Crippen LogP contribution in [0.4, 0.5) is 0 Å². The predicted molar refractivity (Wildman–Crippen MR) is 294 cm³/mol. The molecule has 73 heavy (non-hydrogen) atoms. The summed E-state index contributed by atoms with van der Waals surface area (Å²) in [7, 11) is 0. The van der Waals surface area contributed by atoms with Crippen LogP contribution < -0.4 is 0 Å². The number of rotatable bonds is 48. The van der Waals surface area contributed by atoms with Gasteiger partial charge in [-0.15, -0.1) is 0 Å². The number of aliphatic hydroxyl groups is 2. The summed E-state index contributed by atoms with van der Waals surface area (Å²) in [6, 6.07) is 0. The number of esters is 3. The maximum atomic E-state index is 13.1. The Hall–Kier alpha value is -3.84. The monoisotopic (exact) mass is 1030 g/mol. The molecule has 6 atom stereocenters. The predicted octanol–water partition coefficient (Wildman–Crippen LogP) is 14.6. The van der Waals surface area contributed by atoms with Gasteiger partial charge in [-0.1, -0.05) is 203 Å². The number of unbranched alkanes of at least 4 members (excludes halogenated alkanes) is 22. The summed E-state index contributed by atoms with van der Waals surface area (Å²) in [4.78, 5) is 51.0. The summed E-state index contributed by atoms with van der Waals surface area (Å²) in [5.41, 5.74) is 0. The molecule has 0 aromatic heterocycles. The number of aliphatic carboxylic acids is 1. The van der Waals surface area contributed by atoms with E-state index >= 15 is 0 Å². The van der Waals surface area contributed by atoms with E-state index in [2.05, 4.69) is 93.7 Å². The Kier molecular flexibility index (Phi) is 45.1. The minimum atomic E-state index is -1.91. The Morgan fingerprint density at radius 1 is 0.466 bits per heavy atom. The van der Waals surface area contributed by atoms with E-state index in [1.54, 1.807) is 0 Å². The van der Waals surface area contributed by atoms with E-state index in [0.717, 1.165) is 116 Å². The minimum absolute atomic E-state index is 0.0301. The van der Waals surface area contributed by atoms with Gasteiger partial charge in [-0.3, -0.25) is 14.4 Å². The zero-order chi connectivity index (χ0) is 53.3. The number of aliphatic hydroxyl groups excluding tert-OH is 2. The van der Waals surface area contributed by atoms with Gasteiger partial charge in [0.15, 0.2) is 24.6 Å². The summed E-state index contributed by atoms with van der Waals surface area (Å²) in [6.45, 7) is 5.82. The van der Waals surface area contributed by atoms with Crippen LogP contribution in [0.2, 0.25) is 0 Å². The van der Waals surface area contributed by atoms with Gasteiger partial charge in [0.2, 0.25) is 0 Å². The highest BCUT2D eigenvalue weighted by atomic mass is 16.7. The van der Waals surface area contributed by atoms with Crippen LogP contribution in [0.1, 0.15) is 239 Å². The molecule has 1 rings (SSSR count). The molecule has 1 saturated heterocycles. The molecule has 0 amide bonds. The van der Waals surface area contributed by atoms with E-state index < -0.39 is 67.3 Å². The molecule has 0 aliphatic carbocycles. The highest BCUT2D eigenvalue weighted by Gasteiger charge is 2.50. The molecular formula is C61H102O12. The normalized spacial score (nSPS) is 18.8. The van der Waals surface area contributed by atoms with Gasteiger partial charge in [-0.25, -0.2) is 4.79 Å². The lowest BCUT2D eigenvalue weighted by Crippen LogP contribution is -2.61. The number of carboxylic acids is 1. The van der Waals surface area contributed by atoms with Gasteiger partial charge in [0.25, 0.3) is 0 Å². The standard InChI is InChI=1S/C61H102O12/c1-4-7-10-13-16-19-22-24-26-27-29-31-34-37-40-43-46-49-55(64)72-59-57(66)56(65)58(60(67)68)73-61(59)70-51-52(71-54(63)48-45-42-39-36-32-21-18-15-12-9-6-3)50-69-53(62)47-44-41-38-35-33-30-28-25-23-20-17-14-11-8-5-2/h7,10,16-17,19-20,24-26,28-29,31,52,56-59,61,65-66H,4-6,8-9,11-15,18,21-23,27,30,32-51H2,1-3H3,(H,67,68)/b10-7-,19-16-,20-17-,26-24-,28-25-,31-29-.